The molecular formula is C21H24N2O4. The molecule has 6 heteroatoms. The van der Waals surface area contributed by atoms with Crippen molar-refractivity contribution in [1.82, 2.24) is 0 Å². The van der Waals surface area contributed by atoms with Gasteiger partial charge in [-0.15, -0.1) is 0 Å². The first-order valence-electron chi connectivity index (χ1n) is 8.91. The first-order chi connectivity index (χ1) is 13.1. The van der Waals surface area contributed by atoms with Crippen molar-refractivity contribution in [1.29, 1.82) is 0 Å². The van der Waals surface area contributed by atoms with Gasteiger partial charge in [-0.2, -0.15) is 0 Å². The van der Waals surface area contributed by atoms with Crippen LogP contribution in [-0.4, -0.2) is 38.5 Å². The Labute approximate surface area is 159 Å². The van der Waals surface area contributed by atoms with Crippen molar-refractivity contribution in [2.24, 2.45) is 4.99 Å². The molecule has 0 spiro atoms. The van der Waals surface area contributed by atoms with Gasteiger partial charge in [-0.25, -0.2) is 4.79 Å². The van der Waals surface area contributed by atoms with Crippen LogP contribution in [0.4, 0.5) is 5.69 Å². The summed E-state index contributed by atoms with van der Waals surface area (Å²) in [6.07, 6.45) is 0. The van der Waals surface area contributed by atoms with Crippen molar-refractivity contribution < 1.29 is 19.0 Å². The van der Waals surface area contributed by atoms with E-state index in [0.29, 0.717) is 23.8 Å². The van der Waals surface area contributed by atoms with Gasteiger partial charge in [0.05, 0.1) is 32.6 Å². The summed E-state index contributed by atoms with van der Waals surface area (Å²) >= 11 is 0. The molecule has 0 saturated carbocycles. The van der Waals surface area contributed by atoms with Crippen LogP contribution in [-0.2, 0) is 9.53 Å². The van der Waals surface area contributed by atoms with Gasteiger partial charge in [-0.1, -0.05) is 30.3 Å². The number of hydrogen-bond donors (Lipinski definition) is 1. The number of rotatable bonds is 6. The Morgan fingerprint density at radius 2 is 1.81 bits per heavy atom. The van der Waals surface area contributed by atoms with Crippen LogP contribution in [0.15, 0.2) is 47.5 Å². The highest BCUT2D eigenvalue weighted by Gasteiger charge is 2.36. The van der Waals surface area contributed by atoms with E-state index in [1.165, 1.54) is 0 Å². The Kier molecular flexibility index (Phi) is 5.64. The highest BCUT2D eigenvalue weighted by Crippen LogP contribution is 2.38. The minimum atomic E-state index is -0.664. The molecule has 1 aliphatic heterocycles. The fourth-order valence-electron chi connectivity index (χ4n) is 3.14. The van der Waals surface area contributed by atoms with Crippen LogP contribution in [0.25, 0.3) is 0 Å². The molecule has 0 aromatic heterocycles. The fourth-order valence-corrected chi connectivity index (χ4v) is 3.14. The van der Waals surface area contributed by atoms with Gasteiger partial charge in [0, 0.05) is 17.3 Å². The number of hydrogen-bond acceptors (Lipinski definition) is 6. The molecule has 0 aliphatic carbocycles. The van der Waals surface area contributed by atoms with Crippen LogP contribution < -0.4 is 14.8 Å². The third-order valence-corrected chi connectivity index (χ3v) is 4.51. The fraction of sp³-hybridized carbons (Fsp3) is 0.333. The van der Waals surface area contributed by atoms with Gasteiger partial charge in [-0.05, 0) is 25.5 Å². The van der Waals surface area contributed by atoms with Crippen LogP contribution in [0.5, 0.6) is 11.5 Å². The zero-order chi connectivity index (χ0) is 19.4. The number of benzene rings is 2. The zero-order valence-corrected chi connectivity index (χ0v) is 16.0. The van der Waals surface area contributed by atoms with Crippen LogP contribution >= 0.6 is 0 Å². The van der Waals surface area contributed by atoms with Crippen molar-refractivity contribution in [3.8, 4) is 11.5 Å². The molecule has 0 amide bonds. The summed E-state index contributed by atoms with van der Waals surface area (Å²) in [5.74, 6) is 0.817. The third-order valence-electron chi connectivity index (χ3n) is 4.51. The first-order valence-corrected chi connectivity index (χ1v) is 8.91. The average molecular weight is 368 g/mol. The molecule has 0 radical (unpaired) electrons. The molecule has 0 fully saturated rings. The van der Waals surface area contributed by atoms with Gasteiger partial charge in [-0.3, -0.25) is 4.99 Å². The highest BCUT2D eigenvalue weighted by atomic mass is 16.5. The quantitative estimate of drug-likeness (QED) is 0.789. The van der Waals surface area contributed by atoms with E-state index < -0.39 is 6.04 Å². The molecule has 1 N–H and O–H groups in total. The normalized spacial score (nSPS) is 17.8. The van der Waals surface area contributed by atoms with Crippen molar-refractivity contribution in [3.05, 3.63) is 53.6 Å². The molecule has 0 bridgehead atoms. The summed E-state index contributed by atoms with van der Waals surface area (Å²) in [6.45, 7) is 4.10. The molecule has 0 saturated heterocycles. The maximum Gasteiger partial charge on any atom is 0.334 e. The summed E-state index contributed by atoms with van der Waals surface area (Å²) in [5, 5.41) is 3.21. The van der Waals surface area contributed by atoms with E-state index in [2.05, 4.69) is 5.32 Å². The number of methoxy groups -OCH3 is 2. The number of nitrogens with zero attached hydrogens (tertiary/aromatic N) is 1. The number of carbonyl (C=O) groups excluding carboxylic acids is 1. The highest BCUT2D eigenvalue weighted by molar-refractivity contribution is 6.23. The monoisotopic (exact) mass is 368 g/mol. The summed E-state index contributed by atoms with van der Waals surface area (Å²) in [5.41, 5.74) is 3.29. The topological polar surface area (TPSA) is 69.2 Å². The van der Waals surface area contributed by atoms with E-state index >= 15 is 0 Å². The van der Waals surface area contributed by atoms with Crippen molar-refractivity contribution in [3.63, 3.8) is 0 Å². The Morgan fingerprint density at radius 1 is 1.15 bits per heavy atom. The van der Waals surface area contributed by atoms with Crippen LogP contribution in [0, 0.1) is 0 Å². The van der Waals surface area contributed by atoms with Crippen LogP contribution in [0.3, 0.4) is 0 Å². The number of fused-ring (bicyclic) bond motifs is 1. The van der Waals surface area contributed by atoms with Crippen LogP contribution in [0.1, 0.15) is 31.0 Å². The lowest BCUT2D eigenvalue weighted by molar-refractivity contribution is -0.142. The van der Waals surface area contributed by atoms with Gasteiger partial charge in [0.2, 0.25) is 0 Å². The summed E-state index contributed by atoms with van der Waals surface area (Å²) in [6, 6.07) is 12.8. The SMILES string of the molecule is CCOC(=O)C1Nc2cc(OC)c(OC)cc2C1=N[C@@H](C)c1ccccc1. The van der Waals surface area contributed by atoms with Gasteiger partial charge in [0.15, 0.2) is 17.5 Å². The van der Waals surface area contributed by atoms with Crippen LogP contribution in [0.2, 0.25) is 0 Å². The lowest BCUT2D eigenvalue weighted by Gasteiger charge is -2.14. The average Bonchev–Trinajstić information content (AvgIpc) is 3.05. The predicted octanol–water partition coefficient (Wildman–Crippen LogP) is 3.61. The van der Waals surface area contributed by atoms with Crippen molar-refractivity contribution in [2.75, 3.05) is 26.1 Å². The molecule has 2 aromatic rings. The standard InChI is InChI=1S/C21H24N2O4/c1-5-27-21(24)20-19(22-13(2)14-9-7-6-8-10-14)15-11-17(25-3)18(26-4)12-16(15)23-20/h6-13,20,23H,5H2,1-4H3/t13-,20?/m0/s1. The van der Waals surface area contributed by atoms with E-state index in [1.807, 2.05) is 49.4 Å². The molecule has 2 atom stereocenters. The number of ether oxygens (including phenoxy) is 3. The molecule has 1 unspecified atom stereocenters. The Bertz CT molecular complexity index is 849. The summed E-state index contributed by atoms with van der Waals surface area (Å²) in [7, 11) is 3.16. The summed E-state index contributed by atoms with van der Waals surface area (Å²) < 4.78 is 16.0. The largest absolute Gasteiger partial charge is 0.493 e. The molecule has 3 rings (SSSR count). The van der Waals surface area contributed by atoms with Crippen molar-refractivity contribution in [2.45, 2.75) is 25.9 Å². The third kappa shape index (κ3) is 3.74. The zero-order valence-electron chi connectivity index (χ0n) is 16.0. The second-order valence-electron chi connectivity index (χ2n) is 6.18. The second kappa shape index (κ2) is 8.12. The second-order valence-corrected chi connectivity index (χ2v) is 6.18. The molecular weight excluding hydrogens is 344 g/mol. The molecule has 6 nitrogen and oxygen atoms in total. The molecule has 2 aromatic carbocycles. The predicted molar refractivity (Wildman–Crippen MR) is 105 cm³/mol. The number of anilines is 1. The molecule has 27 heavy (non-hydrogen) atoms. The number of nitrogens with one attached hydrogen (secondary N) is 1. The first kappa shape index (κ1) is 18.8. The maximum absolute atomic E-state index is 12.5. The Morgan fingerprint density at radius 3 is 2.44 bits per heavy atom. The lowest BCUT2D eigenvalue weighted by atomic mass is 10.0. The number of carbonyl (C=O) groups is 1. The smallest absolute Gasteiger partial charge is 0.334 e. The summed E-state index contributed by atoms with van der Waals surface area (Å²) in [4.78, 5) is 17.4. The molecule has 1 aliphatic rings. The van der Waals surface area contributed by atoms with Gasteiger partial charge < -0.3 is 19.5 Å². The van der Waals surface area contributed by atoms with E-state index in [4.69, 9.17) is 19.2 Å². The van der Waals surface area contributed by atoms with E-state index in [-0.39, 0.29) is 12.0 Å². The van der Waals surface area contributed by atoms with E-state index in [0.717, 1.165) is 16.8 Å². The Hall–Kier alpha value is -3.02. The van der Waals surface area contributed by atoms with E-state index in [9.17, 15) is 4.79 Å². The Balaban J connectivity index is 2.07. The van der Waals surface area contributed by atoms with E-state index in [1.54, 1.807) is 21.1 Å². The number of esters is 1. The molecule has 142 valence electrons. The van der Waals surface area contributed by atoms with Gasteiger partial charge >= 0.3 is 5.97 Å². The minimum absolute atomic E-state index is 0.112. The number of aliphatic imine (C=N–C) groups is 1. The molecule has 1 heterocycles. The van der Waals surface area contributed by atoms with Gasteiger partial charge in [0.1, 0.15) is 0 Å². The lowest BCUT2D eigenvalue weighted by Crippen LogP contribution is -2.34. The van der Waals surface area contributed by atoms with Crippen molar-refractivity contribution >= 4 is 17.4 Å². The minimum Gasteiger partial charge on any atom is -0.493 e. The van der Waals surface area contributed by atoms with Gasteiger partial charge in [0.25, 0.3) is 0 Å². The maximum atomic E-state index is 12.5.